The van der Waals surface area contributed by atoms with E-state index in [9.17, 15) is 4.79 Å². The zero-order chi connectivity index (χ0) is 13.9. The molecule has 0 bridgehead atoms. The van der Waals surface area contributed by atoms with Crippen LogP contribution in [-0.2, 0) is 17.8 Å². The summed E-state index contributed by atoms with van der Waals surface area (Å²) in [6.45, 7) is 0.781. The second-order valence-electron chi connectivity index (χ2n) is 4.76. The fourth-order valence-electron chi connectivity index (χ4n) is 2.26. The van der Waals surface area contributed by atoms with Crippen molar-refractivity contribution in [1.29, 1.82) is 0 Å². The lowest BCUT2D eigenvalue weighted by molar-refractivity contribution is -0.126. The van der Waals surface area contributed by atoms with E-state index in [1.165, 1.54) is 0 Å². The monoisotopic (exact) mass is 291 g/mol. The molecule has 3 rings (SSSR count). The van der Waals surface area contributed by atoms with Crippen LogP contribution in [-0.4, -0.2) is 12.5 Å². The molecule has 2 heterocycles. The Labute approximate surface area is 121 Å². The van der Waals surface area contributed by atoms with Crippen molar-refractivity contribution < 1.29 is 13.9 Å². The summed E-state index contributed by atoms with van der Waals surface area (Å²) in [5.41, 5.74) is 0.974. The number of fused-ring (bicyclic) bond motifs is 1. The summed E-state index contributed by atoms with van der Waals surface area (Å²) in [7, 11) is 0. The molecule has 0 radical (unpaired) electrons. The fourth-order valence-corrected chi connectivity index (χ4v) is 2.46. The van der Waals surface area contributed by atoms with Crippen molar-refractivity contribution in [2.45, 2.75) is 13.0 Å². The van der Waals surface area contributed by atoms with Gasteiger partial charge in [-0.3, -0.25) is 4.79 Å². The van der Waals surface area contributed by atoms with Crippen LogP contribution in [0.3, 0.4) is 0 Å². The highest BCUT2D eigenvalue weighted by Crippen LogP contribution is 2.29. The molecule has 0 spiro atoms. The predicted molar refractivity (Wildman–Crippen MR) is 74.7 cm³/mol. The minimum absolute atomic E-state index is 0.0352. The third-order valence-corrected chi connectivity index (χ3v) is 3.55. The van der Waals surface area contributed by atoms with Gasteiger partial charge in [0.05, 0.1) is 18.7 Å². The molecule has 0 saturated heterocycles. The lowest BCUT2D eigenvalue weighted by Gasteiger charge is -2.24. The van der Waals surface area contributed by atoms with Gasteiger partial charge >= 0.3 is 0 Å². The number of benzene rings is 1. The molecule has 1 amide bonds. The van der Waals surface area contributed by atoms with Gasteiger partial charge in [0.2, 0.25) is 5.91 Å². The van der Waals surface area contributed by atoms with E-state index in [4.69, 9.17) is 20.8 Å². The van der Waals surface area contributed by atoms with Crippen LogP contribution in [0.5, 0.6) is 5.75 Å². The number of carbonyl (C=O) groups excluding carboxylic acids is 1. The summed E-state index contributed by atoms with van der Waals surface area (Å²) in [5, 5.41) is 3.51. The van der Waals surface area contributed by atoms with Crippen molar-refractivity contribution in [3.05, 3.63) is 52.9 Å². The van der Waals surface area contributed by atoms with E-state index >= 15 is 0 Å². The van der Waals surface area contributed by atoms with E-state index in [-0.39, 0.29) is 11.8 Å². The number of rotatable bonds is 3. The maximum absolute atomic E-state index is 12.1. The fraction of sp³-hybridized carbons (Fsp3) is 0.267. The second kappa shape index (κ2) is 5.59. The Balaban J connectivity index is 1.62. The van der Waals surface area contributed by atoms with Crippen LogP contribution in [0, 0.1) is 5.92 Å². The molecule has 0 unspecified atom stereocenters. The molecule has 1 aliphatic rings. The van der Waals surface area contributed by atoms with Crippen molar-refractivity contribution in [2.75, 3.05) is 6.61 Å². The first-order valence-corrected chi connectivity index (χ1v) is 6.81. The molecule has 1 N–H and O–H groups in total. The summed E-state index contributed by atoms with van der Waals surface area (Å²) in [4.78, 5) is 12.1. The largest absolute Gasteiger partial charge is 0.492 e. The van der Waals surface area contributed by atoms with Gasteiger partial charge in [0.1, 0.15) is 18.1 Å². The molecule has 1 aliphatic heterocycles. The molecule has 4 nitrogen and oxygen atoms in total. The van der Waals surface area contributed by atoms with E-state index in [1.807, 2.05) is 18.2 Å². The number of ether oxygens (including phenoxy) is 1. The number of carbonyl (C=O) groups is 1. The first-order valence-electron chi connectivity index (χ1n) is 6.43. The standard InChI is InChI=1S/C15H14ClNO3/c16-12-3-4-14-10(7-12)6-11(9-20-14)15(18)17-8-13-2-1-5-19-13/h1-5,7,11H,6,8-9H2,(H,17,18)/t11-/m1/s1. The number of nitrogens with one attached hydrogen (secondary N) is 1. The minimum Gasteiger partial charge on any atom is -0.492 e. The molecule has 2 aromatic rings. The molecule has 1 aromatic heterocycles. The minimum atomic E-state index is -0.198. The molecule has 0 fully saturated rings. The number of furan rings is 1. The Bertz CT molecular complexity index is 610. The molecule has 104 valence electrons. The van der Waals surface area contributed by atoms with Gasteiger partial charge in [-0.2, -0.15) is 0 Å². The molecule has 1 atom stereocenters. The van der Waals surface area contributed by atoms with E-state index in [0.717, 1.165) is 17.1 Å². The normalized spacial score (nSPS) is 17.1. The summed E-state index contributed by atoms with van der Waals surface area (Å²) >= 11 is 5.96. The van der Waals surface area contributed by atoms with Crippen LogP contribution in [0.1, 0.15) is 11.3 Å². The smallest absolute Gasteiger partial charge is 0.227 e. The third kappa shape index (κ3) is 2.80. The van der Waals surface area contributed by atoms with Gasteiger partial charge in [-0.1, -0.05) is 11.6 Å². The highest BCUT2D eigenvalue weighted by molar-refractivity contribution is 6.30. The van der Waals surface area contributed by atoms with Crippen molar-refractivity contribution in [2.24, 2.45) is 5.92 Å². The van der Waals surface area contributed by atoms with Crippen LogP contribution in [0.15, 0.2) is 41.0 Å². The first-order chi connectivity index (χ1) is 9.72. The van der Waals surface area contributed by atoms with Gasteiger partial charge in [0.15, 0.2) is 0 Å². The van der Waals surface area contributed by atoms with Crippen molar-refractivity contribution >= 4 is 17.5 Å². The molecule has 5 heteroatoms. The van der Waals surface area contributed by atoms with Crippen molar-refractivity contribution in [3.63, 3.8) is 0 Å². The Morgan fingerprint density at radius 2 is 2.30 bits per heavy atom. The average Bonchev–Trinajstić information content (AvgIpc) is 2.97. The van der Waals surface area contributed by atoms with Gasteiger partial charge in [-0.15, -0.1) is 0 Å². The SMILES string of the molecule is O=C(NCc1ccco1)[C@H]1COc2ccc(Cl)cc2C1. The van der Waals surface area contributed by atoms with E-state index in [1.54, 1.807) is 18.4 Å². The molecule has 0 aliphatic carbocycles. The van der Waals surface area contributed by atoms with Crippen LogP contribution in [0.25, 0.3) is 0 Å². The number of hydrogen-bond donors (Lipinski definition) is 1. The summed E-state index contributed by atoms with van der Waals surface area (Å²) < 4.78 is 10.8. The summed E-state index contributed by atoms with van der Waals surface area (Å²) in [5.74, 6) is 1.31. The lowest BCUT2D eigenvalue weighted by Crippen LogP contribution is -2.36. The highest BCUT2D eigenvalue weighted by atomic mass is 35.5. The van der Waals surface area contributed by atoms with Gasteiger partial charge in [-0.05, 0) is 42.3 Å². The number of amides is 1. The maximum Gasteiger partial charge on any atom is 0.227 e. The number of hydrogen-bond acceptors (Lipinski definition) is 3. The average molecular weight is 292 g/mol. The van der Waals surface area contributed by atoms with E-state index < -0.39 is 0 Å². The quantitative estimate of drug-likeness (QED) is 0.946. The van der Waals surface area contributed by atoms with E-state index in [2.05, 4.69) is 5.32 Å². The van der Waals surface area contributed by atoms with Crippen molar-refractivity contribution in [3.8, 4) is 5.75 Å². The molecular weight excluding hydrogens is 278 g/mol. The third-order valence-electron chi connectivity index (χ3n) is 3.32. The van der Waals surface area contributed by atoms with Gasteiger partial charge in [0, 0.05) is 5.02 Å². The number of halogens is 1. The zero-order valence-electron chi connectivity index (χ0n) is 10.8. The van der Waals surface area contributed by atoms with Crippen LogP contribution < -0.4 is 10.1 Å². The van der Waals surface area contributed by atoms with E-state index in [0.29, 0.717) is 24.6 Å². The first kappa shape index (κ1) is 13.1. The molecular formula is C15H14ClNO3. The zero-order valence-corrected chi connectivity index (χ0v) is 11.5. The highest BCUT2D eigenvalue weighted by Gasteiger charge is 2.26. The Morgan fingerprint density at radius 3 is 3.10 bits per heavy atom. The predicted octanol–water partition coefficient (Wildman–Crippen LogP) is 2.80. The molecule has 1 aromatic carbocycles. The molecule has 20 heavy (non-hydrogen) atoms. The van der Waals surface area contributed by atoms with Crippen LogP contribution in [0.2, 0.25) is 5.02 Å². The van der Waals surface area contributed by atoms with Gasteiger partial charge < -0.3 is 14.5 Å². The van der Waals surface area contributed by atoms with Crippen molar-refractivity contribution in [1.82, 2.24) is 5.32 Å². The summed E-state index contributed by atoms with van der Waals surface area (Å²) in [6.07, 6.45) is 2.23. The Kier molecular flexibility index (Phi) is 3.65. The molecule has 0 saturated carbocycles. The van der Waals surface area contributed by atoms with Crippen LogP contribution >= 0.6 is 11.6 Å². The topological polar surface area (TPSA) is 51.5 Å². The van der Waals surface area contributed by atoms with Gasteiger partial charge in [-0.25, -0.2) is 0 Å². The maximum atomic E-state index is 12.1. The summed E-state index contributed by atoms with van der Waals surface area (Å²) in [6, 6.07) is 9.10. The Hall–Kier alpha value is -1.94. The van der Waals surface area contributed by atoms with Gasteiger partial charge in [0.25, 0.3) is 0 Å². The lowest BCUT2D eigenvalue weighted by atomic mass is 9.96. The second-order valence-corrected chi connectivity index (χ2v) is 5.20. The van der Waals surface area contributed by atoms with Crippen LogP contribution in [0.4, 0.5) is 0 Å². The Morgan fingerprint density at radius 1 is 1.40 bits per heavy atom.